The first-order valence-corrected chi connectivity index (χ1v) is 4.36. The Bertz CT molecular complexity index is 366. The van der Waals surface area contributed by atoms with E-state index in [2.05, 4.69) is 0 Å². The Kier molecular flexibility index (Phi) is 3.67. The Balaban J connectivity index is 3.09. The Morgan fingerprint density at radius 3 is 2.14 bits per heavy atom. The van der Waals surface area contributed by atoms with Gasteiger partial charge in [0.2, 0.25) is 0 Å². The van der Waals surface area contributed by atoms with Crippen molar-refractivity contribution in [2.75, 3.05) is 6.61 Å². The maximum absolute atomic E-state index is 8.82. The fourth-order valence-corrected chi connectivity index (χ4v) is 1.32. The lowest BCUT2D eigenvalue weighted by molar-refractivity contribution is 0.288. The summed E-state index contributed by atoms with van der Waals surface area (Å²) in [6.07, 6.45) is 1.15. The summed E-state index contributed by atoms with van der Waals surface area (Å²) in [6.45, 7) is 0.0740. The monoisotopic (exact) mass is 186 g/mol. The van der Waals surface area contributed by atoms with E-state index in [9.17, 15) is 0 Å². The molecule has 3 nitrogen and oxygen atoms in total. The number of nitrogens with zero attached hydrogens (tertiary/aromatic N) is 2. The van der Waals surface area contributed by atoms with Crippen LogP contribution in [0.4, 0.5) is 0 Å². The number of aliphatic hydroxyl groups excluding tert-OH is 1. The molecule has 1 N–H and O–H groups in total. The highest BCUT2D eigenvalue weighted by Gasteiger charge is 2.06. The highest BCUT2D eigenvalue weighted by atomic mass is 16.2. The van der Waals surface area contributed by atoms with Crippen LogP contribution in [0.25, 0.3) is 0 Å². The Labute approximate surface area is 82.8 Å². The highest BCUT2D eigenvalue weighted by Crippen LogP contribution is 2.15. The van der Waals surface area contributed by atoms with Crippen molar-refractivity contribution >= 4 is 0 Å². The van der Waals surface area contributed by atoms with Crippen LogP contribution < -0.4 is 0 Å². The molecule has 70 valence electrons. The van der Waals surface area contributed by atoms with E-state index in [1.807, 2.05) is 12.1 Å². The zero-order chi connectivity index (χ0) is 10.4. The van der Waals surface area contributed by atoms with E-state index in [4.69, 9.17) is 15.6 Å². The summed E-state index contributed by atoms with van der Waals surface area (Å²) in [4.78, 5) is 0. The highest BCUT2D eigenvalue weighted by molar-refractivity contribution is 5.48. The molecule has 0 spiro atoms. The fraction of sp³-hybridized carbons (Fsp3) is 0.273. The van der Waals surface area contributed by atoms with Crippen molar-refractivity contribution in [1.29, 1.82) is 10.5 Å². The van der Waals surface area contributed by atoms with Gasteiger partial charge in [-0.1, -0.05) is 6.07 Å². The van der Waals surface area contributed by atoms with Crippen LogP contribution in [0, 0.1) is 22.7 Å². The maximum Gasteiger partial charge on any atom is 0.0994 e. The first-order chi connectivity index (χ1) is 6.83. The number of hydrogen-bond donors (Lipinski definition) is 1. The quantitative estimate of drug-likeness (QED) is 0.774. The van der Waals surface area contributed by atoms with E-state index in [1.54, 1.807) is 18.2 Å². The van der Waals surface area contributed by atoms with E-state index < -0.39 is 0 Å². The van der Waals surface area contributed by atoms with Gasteiger partial charge >= 0.3 is 0 Å². The van der Waals surface area contributed by atoms with Gasteiger partial charge in [-0.15, -0.1) is 0 Å². The smallest absolute Gasteiger partial charge is 0.0994 e. The van der Waals surface area contributed by atoms with Crippen molar-refractivity contribution in [2.24, 2.45) is 0 Å². The summed E-state index contributed by atoms with van der Waals surface area (Å²) in [6, 6.07) is 9.16. The van der Waals surface area contributed by atoms with E-state index in [-0.39, 0.29) is 6.61 Å². The molecule has 1 aromatic carbocycles. The molecule has 0 saturated carbocycles. The van der Waals surface area contributed by atoms with Crippen LogP contribution in [0.1, 0.15) is 23.1 Å². The molecule has 1 rings (SSSR count). The van der Waals surface area contributed by atoms with Gasteiger partial charge in [-0.3, -0.25) is 0 Å². The molecule has 3 heteroatoms. The van der Waals surface area contributed by atoms with Crippen LogP contribution in [0.5, 0.6) is 0 Å². The SMILES string of the molecule is N#Cc1cccc(C#N)c1CCCO. The van der Waals surface area contributed by atoms with Crippen LogP contribution in [-0.2, 0) is 6.42 Å². The zero-order valence-corrected chi connectivity index (χ0v) is 7.70. The Morgan fingerprint density at radius 2 is 1.71 bits per heavy atom. The molecule has 1 aromatic rings. The van der Waals surface area contributed by atoms with Gasteiger partial charge in [0.15, 0.2) is 0 Å². The van der Waals surface area contributed by atoms with Crippen LogP contribution in [0.15, 0.2) is 18.2 Å². The summed E-state index contributed by atoms with van der Waals surface area (Å²) >= 11 is 0. The maximum atomic E-state index is 8.82. The normalized spacial score (nSPS) is 9.07. The van der Waals surface area contributed by atoms with E-state index in [0.717, 1.165) is 5.56 Å². The van der Waals surface area contributed by atoms with Crippen molar-refractivity contribution < 1.29 is 5.11 Å². The predicted molar refractivity (Wildman–Crippen MR) is 51.3 cm³/mol. The molecule has 0 saturated heterocycles. The summed E-state index contributed by atoms with van der Waals surface area (Å²) in [7, 11) is 0. The van der Waals surface area contributed by atoms with Crippen LogP contribution in [0.3, 0.4) is 0 Å². The molecule has 0 bridgehead atoms. The van der Waals surface area contributed by atoms with Gasteiger partial charge in [0.25, 0.3) is 0 Å². The van der Waals surface area contributed by atoms with E-state index in [0.29, 0.717) is 24.0 Å². The standard InChI is InChI=1S/C11H10N2O/c12-7-9-3-1-4-10(8-13)11(9)5-2-6-14/h1,3-4,14H,2,5-6H2. The Morgan fingerprint density at radius 1 is 1.14 bits per heavy atom. The zero-order valence-electron chi connectivity index (χ0n) is 7.70. The average Bonchev–Trinajstić information content (AvgIpc) is 2.25. The van der Waals surface area contributed by atoms with Crippen molar-refractivity contribution in [1.82, 2.24) is 0 Å². The second kappa shape index (κ2) is 5.01. The first-order valence-electron chi connectivity index (χ1n) is 4.36. The van der Waals surface area contributed by atoms with Crippen LogP contribution >= 0.6 is 0 Å². The third-order valence-corrected chi connectivity index (χ3v) is 2.00. The number of benzene rings is 1. The van der Waals surface area contributed by atoms with E-state index in [1.165, 1.54) is 0 Å². The van der Waals surface area contributed by atoms with Gasteiger partial charge in [0, 0.05) is 6.61 Å². The molecule has 0 atom stereocenters. The van der Waals surface area contributed by atoms with Gasteiger partial charge in [0.05, 0.1) is 23.3 Å². The molecule has 0 aliphatic rings. The molecular weight excluding hydrogens is 176 g/mol. The van der Waals surface area contributed by atoms with Crippen molar-refractivity contribution in [3.63, 3.8) is 0 Å². The van der Waals surface area contributed by atoms with Crippen LogP contribution in [0.2, 0.25) is 0 Å². The van der Waals surface area contributed by atoms with Crippen molar-refractivity contribution in [3.05, 3.63) is 34.9 Å². The second-order valence-corrected chi connectivity index (χ2v) is 2.88. The largest absolute Gasteiger partial charge is 0.396 e. The Hall–Kier alpha value is -1.84. The molecule has 0 unspecified atom stereocenters. The molecule has 0 heterocycles. The van der Waals surface area contributed by atoms with Gasteiger partial charge in [0.1, 0.15) is 0 Å². The fourth-order valence-electron chi connectivity index (χ4n) is 1.32. The van der Waals surface area contributed by atoms with E-state index >= 15 is 0 Å². The van der Waals surface area contributed by atoms with Gasteiger partial charge in [-0.05, 0) is 30.5 Å². The minimum atomic E-state index is 0.0740. The molecule has 0 aliphatic heterocycles. The number of hydrogen-bond acceptors (Lipinski definition) is 3. The lowest BCUT2D eigenvalue weighted by Gasteiger charge is -2.04. The molecular formula is C11H10N2O. The molecule has 0 aliphatic carbocycles. The molecule has 0 aromatic heterocycles. The second-order valence-electron chi connectivity index (χ2n) is 2.88. The van der Waals surface area contributed by atoms with Crippen LogP contribution in [-0.4, -0.2) is 11.7 Å². The third-order valence-electron chi connectivity index (χ3n) is 2.00. The summed E-state index contributed by atoms with van der Waals surface area (Å²) in [5, 5.41) is 26.3. The lowest BCUT2D eigenvalue weighted by Crippen LogP contribution is -1.97. The van der Waals surface area contributed by atoms with Gasteiger partial charge in [-0.2, -0.15) is 10.5 Å². The van der Waals surface area contributed by atoms with Gasteiger partial charge in [-0.25, -0.2) is 0 Å². The van der Waals surface area contributed by atoms with Gasteiger partial charge < -0.3 is 5.11 Å². The molecule has 0 amide bonds. The molecule has 0 radical (unpaired) electrons. The molecule has 14 heavy (non-hydrogen) atoms. The predicted octanol–water partition coefficient (Wildman–Crippen LogP) is 1.35. The molecule has 0 fully saturated rings. The lowest BCUT2D eigenvalue weighted by atomic mass is 9.98. The number of nitriles is 2. The topological polar surface area (TPSA) is 67.8 Å². The number of rotatable bonds is 3. The average molecular weight is 186 g/mol. The summed E-state index contributed by atoms with van der Waals surface area (Å²) in [5.74, 6) is 0. The minimum absolute atomic E-state index is 0.0740. The van der Waals surface area contributed by atoms with Crippen molar-refractivity contribution in [3.8, 4) is 12.1 Å². The summed E-state index contributed by atoms with van der Waals surface area (Å²) in [5.41, 5.74) is 1.79. The number of aliphatic hydroxyl groups is 1. The first kappa shape index (κ1) is 10.2. The van der Waals surface area contributed by atoms with Crippen molar-refractivity contribution in [2.45, 2.75) is 12.8 Å². The summed E-state index contributed by atoms with van der Waals surface area (Å²) < 4.78 is 0. The third kappa shape index (κ3) is 2.10. The minimum Gasteiger partial charge on any atom is -0.396 e.